The van der Waals surface area contributed by atoms with E-state index in [1.165, 1.54) is 0 Å². The van der Waals surface area contributed by atoms with E-state index in [9.17, 15) is 4.79 Å². The van der Waals surface area contributed by atoms with Gasteiger partial charge in [0.15, 0.2) is 0 Å². The van der Waals surface area contributed by atoms with Gasteiger partial charge in [-0.05, 0) is 33.2 Å². The molecule has 0 saturated carbocycles. The van der Waals surface area contributed by atoms with Crippen molar-refractivity contribution in [1.29, 1.82) is 0 Å². The van der Waals surface area contributed by atoms with Crippen LogP contribution in [0.1, 0.15) is 12.7 Å². The van der Waals surface area contributed by atoms with Crippen LogP contribution < -0.4 is 0 Å². The molecule has 5 heteroatoms. The number of hydrogen-bond donors (Lipinski definition) is 0. The van der Waals surface area contributed by atoms with Crippen LogP contribution >= 0.6 is 0 Å². The predicted molar refractivity (Wildman–Crippen MR) is 73.8 cm³/mol. The molecule has 0 N–H and O–H groups in total. The topological polar surface area (TPSA) is 47.4 Å². The Kier molecular flexibility index (Phi) is 4.16. The Bertz CT molecular complexity index is 575. The van der Waals surface area contributed by atoms with Gasteiger partial charge >= 0.3 is 5.97 Å². The lowest BCUT2D eigenvalue weighted by atomic mass is 10.3. The Morgan fingerprint density at radius 3 is 2.79 bits per heavy atom. The van der Waals surface area contributed by atoms with E-state index < -0.39 is 0 Å². The van der Waals surface area contributed by atoms with E-state index in [0.29, 0.717) is 13.2 Å². The third-order valence-electron chi connectivity index (χ3n) is 2.78. The molecule has 102 valence electrons. The number of fused-ring (bicyclic) bond motifs is 1. The summed E-state index contributed by atoms with van der Waals surface area (Å²) in [5, 5.41) is 0. The highest BCUT2D eigenvalue weighted by Crippen LogP contribution is 2.17. The summed E-state index contributed by atoms with van der Waals surface area (Å²) >= 11 is 0. The van der Waals surface area contributed by atoms with Crippen LogP contribution in [0.5, 0.6) is 0 Å². The first-order valence-corrected chi connectivity index (χ1v) is 6.36. The van der Waals surface area contributed by atoms with E-state index in [1.807, 2.05) is 54.8 Å². The van der Waals surface area contributed by atoms with Crippen LogP contribution in [0.3, 0.4) is 0 Å². The molecular formula is C14H19N3O2. The van der Waals surface area contributed by atoms with E-state index in [0.717, 1.165) is 16.9 Å². The molecule has 0 atom stereocenters. The molecule has 0 aliphatic heterocycles. The summed E-state index contributed by atoms with van der Waals surface area (Å²) in [6.07, 6.45) is 0. The van der Waals surface area contributed by atoms with Crippen LogP contribution in [0.15, 0.2) is 24.3 Å². The third kappa shape index (κ3) is 3.12. The zero-order valence-corrected chi connectivity index (χ0v) is 11.6. The molecule has 0 saturated heterocycles. The van der Waals surface area contributed by atoms with Crippen molar-refractivity contribution < 1.29 is 9.53 Å². The van der Waals surface area contributed by atoms with Crippen LogP contribution in [0.25, 0.3) is 11.0 Å². The van der Waals surface area contributed by atoms with Crippen molar-refractivity contribution in [2.45, 2.75) is 20.0 Å². The minimum atomic E-state index is -0.231. The smallest absolute Gasteiger partial charge is 0.326 e. The number of rotatable bonds is 5. The fourth-order valence-corrected chi connectivity index (χ4v) is 2.04. The Morgan fingerprint density at radius 2 is 2.11 bits per heavy atom. The Labute approximate surface area is 112 Å². The summed E-state index contributed by atoms with van der Waals surface area (Å²) in [5.74, 6) is 0.643. The largest absolute Gasteiger partial charge is 0.465 e. The van der Waals surface area contributed by atoms with Crippen LogP contribution in [0.2, 0.25) is 0 Å². The van der Waals surface area contributed by atoms with E-state index in [2.05, 4.69) is 4.98 Å². The maximum Gasteiger partial charge on any atom is 0.326 e. The Balaban J connectivity index is 2.39. The number of carbonyl (C=O) groups excluding carboxylic acids is 1. The van der Waals surface area contributed by atoms with Gasteiger partial charge in [-0.3, -0.25) is 4.79 Å². The fourth-order valence-electron chi connectivity index (χ4n) is 2.04. The molecule has 2 rings (SSSR count). The van der Waals surface area contributed by atoms with E-state index >= 15 is 0 Å². The number of benzene rings is 1. The summed E-state index contributed by atoms with van der Waals surface area (Å²) < 4.78 is 6.95. The summed E-state index contributed by atoms with van der Waals surface area (Å²) in [4.78, 5) is 18.3. The van der Waals surface area contributed by atoms with E-state index in [1.54, 1.807) is 0 Å². The summed E-state index contributed by atoms with van der Waals surface area (Å²) in [5.41, 5.74) is 1.87. The summed E-state index contributed by atoms with van der Waals surface area (Å²) in [6.45, 7) is 3.10. The van der Waals surface area contributed by atoms with Gasteiger partial charge in [-0.15, -0.1) is 0 Å². The van der Waals surface area contributed by atoms with Crippen molar-refractivity contribution in [2.24, 2.45) is 0 Å². The van der Waals surface area contributed by atoms with Crippen LogP contribution in [-0.4, -0.2) is 41.1 Å². The Morgan fingerprint density at radius 1 is 1.37 bits per heavy atom. The first kappa shape index (κ1) is 13.5. The molecule has 0 amide bonds. The minimum Gasteiger partial charge on any atom is -0.465 e. The van der Waals surface area contributed by atoms with Crippen molar-refractivity contribution in [2.75, 3.05) is 20.7 Å². The van der Waals surface area contributed by atoms with Gasteiger partial charge in [0.2, 0.25) is 0 Å². The molecular weight excluding hydrogens is 242 g/mol. The number of esters is 1. The van der Waals surface area contributed by atoms with Gasteiger partial charge in [-0.1, -0.05) is 12.1 Å². The molecule has 5 nitrogen and oxygen atoms in total. The van der Waals surface area contributed by atoms with Crippen molar-refractivity contribution >= 4 is 17.0 Å². The lowest BCUT2D eigenvalue weighted by Crippen LogP contribution is -2.19. The van der Waals surface area contributed by atoms with Crippen molar-refractivity contribution in [3.8, 4) is 0 Å². The zero-order valence-electron chi connectivity index (χ0n) is 11.6. The summed E-state index contributed by atoms with van der Waals surface area (Å²) in [7, 11) is 3.96. The van der Waals surface area contributed by atoms with Gasteiger partial charge in [0, 0.05) is 0 Å². The number of ether oxygens (including phenoxy) is 1. The van der Waals surface area contributed by atoms with Gasteiger partial charge in [0.05, 0.1) is 24.2 Å². The maximum atomic E-state index is 11.7. The van der Waals surface area contributed by atoms with Crippen LogP contribution in [-0.2, 0) is 22.6 Å². The SMILES string of the molecule is CCOC(=O)Cn1c(CN(C)C)nc2ccccc21. The molecule has 1 heterocycles. The number of hydrogen-bond acceptors (Lipinski definition) is 4. The molecule has 0 radical (unpaired) electrons. The second kappa shape index (κ2) is 5.84. The molecule has 0 aliphatic carbocycles. The number of nitrogens with zero attached hydrogens (tertiary/aromatic N) is 3. The van der Waals surface area contributed by atoms with Gasteiger partial charge < -0.3 is 14.2 Å². The van der Waals surface area contributed by atoms with Crippen molar-refractivity contribution in [3.05, 3.63) is 30.1 Å². The second-order valence-corrected chi connectivity index (χ2v) is 4.65. The first-order valence-electron chi connectivity index (χ1n) is 6.36. The number of aromatic nitrogens is 2. The van der Waals surface area contributed by atoms with Crippen LogP contribution in [0, 0.1) is 0 Å². The average Bonchev–Trinajstić information content (AvgIpc) is 2.67. The molecule has 1 aromatic heterocycles. The highest BCUT2D eigenvalue weighted by Gasteiger charge is 2.14. The third-order valence-corrected chi connectivity index (χ3v) is 2.78. The predicted octanol–water partition coefficient (Wildman–Crippen LogP) is 1.66. The molecule has 2 aromatic rings. The van der Waals surface area contributed by atoms with Gasteiger partial charge in [-0.25, -0.2) is 4.98 Å². The van der Waals surface area contributed by atoms with Gasteiger partial charge in [-0.2, -0.15) is 0 Å². The normalized spacial score (nSPS) is 11.2. The fraction of sp³-hybridized carbons (Fsp3) is 0.429. The molecule has 0 spiro atoms. The molecule has 1 aromatic carbocycles. The van der Waals surface area contributed by atoms with Gasteiger partial charge in [0.1, 0.15) is 12.4 Å². The lowest BCUT2D eigenvalue weighted by molar-refractivity contribution is -0.143. The molecule has 19 heavy (non-hydrogen) atoms. The summed E-state index contributed by atoms with van der Waals surface area (Å²) in [6, 6.07) is 7.82. The van der Waals surface area contributed by atoms with E-state index in [4.69, 9.17) is 4.74 Å². The lowest BCUT2D eigenvalue weighted by Gasteiger charge is -2.12. The number of imidazole rings is 1. The molecule has 0 unspecified atom stereocenters. The van der Waals surface area contributed by atoms with Crippen molar-refractivity contribution in [1.82, 2.24) is 14.5 Å². The monoisotopic (exact) mass is 261 g/mol. The quantitative estimate of drug-likeness (QED) is 0.768. The molecule has 0 bridgehead atoms. The minimum absolute atomic E-state index is 0.206. The van der Waals surface area contributed by atoms with E-state index in [-0.39, 0.29) is 12.5 Å². The zero-order chi connectivity index (χ0) is 13.8. The van der Waals surface area contributed by atoms with Crippen LogP contribution in [0.4, 0.5) is 0 Å². The molecule has 0 aliphatic rings. The highest BCUT2D eigenvalue weighted by molar-refractivity contribution is 5.78. The average molecular weight is 261 g/mol. The number of para-hydroxylation sites is 2. The number of carbonyl (C=O) groups is 1. The first-order chi connectivity index (χ1) is 9.11. The molecule has 0 fully saturated rings. The maximum absolute atomic E-state index is 11.7. The van der Waals surface area contributed by atoms with Crippen molar-refractivity contribution in [3.63, 3.8) is 0 Å². The Hall–Kier alpha value is -1.88. The van der Waals surface area contributed by atoms with Gasteiger partial charge in [0.25, 0.3) is 0 Å². The standard InChI is InChI=1S/C14H19N3O2/c1-4-19-14(18)10-17-12-8-6-5-7-11(12)15-13(17)9-16(2)3/h5-8H,4,9-10H2,1-3H3. The second-order valence-electron chi connectivity index (χ2n) is 4.65. The highest BCUT2D eigenvalue weighted by atomic mass is 16.5.